The number of phenols is 1. The lowest BCUT2D eigenvalue weighted by molar-refractivity contribution is -0.118. The number of carbonyl (C=O) groups is 1. The van der Waals surface area contributed by atoms with Crippen LogP contribution in [-0.4, -0.2) is 39.6 Å². The fourth-order valence-electron chi connectivity index (χ4n) is 3.23. The number of hydrazone groups is 1. The summed E-state index contributed by atoms with van der Waals surface area (Å²) < 4.78 is 7.18. The van der Waals surface area contributed by atoms with Crippen LogP contribution in [0.2, 0.25) is 0 Å². The fraction of sp³-hybridized carbons (Fsp3) is 0.125. The number of hydrogen-bond acceptors (Lipinski definition) is 6. The third kappa shape index (κ3) is 4.92. The summed E-state index contributed by atoms with van der Waals surface area (Å²) in [6.45, 7) is 0.665. The molecule has 0 spiro atoms. The Labute approximate surface area is 189 Å². The molecule has 0 bridgehead atoms. The molecule has 0 radical (unpaired) electrons. The molecule has 0 fully saturated rings. The number of aromatic hydroxyl groups is 1. The van der Waals surface area contributed by atoms with Gasteiger partial charge in [0.05, 0.1) is 36.7 Å². The highest BCUT2D eigenvalue weighted by Gasteiger charge is 2.13. The molecule has 2 N–H and O–H groups in total. The van der Waals surface area contributed by atoms with Gasteiger partial charge in [-0.25, -0.2) is 10.4 Å². The minimum Gasteiger partial charge on any atom is -0.504 e. The third-order valence-electron chi connectivity index (χ3n) is 4.78. The smallest absolute Gasteiger partial charge is 0.250 e. The largest absolute Gasteiger partial charge is 0.504 e. The number of methoxy groups -OCH3 is 1. The summed E-state index contributed by atoms with van der Waals surface area (Å²) in [4.78, 5) is 17.0. The van der Waals surface area contributed by atoms with Gasteiger partial charge in [0, 0.05) is 5.56 Å². The second-order valence-corrected chi connectivity index (χ2v) is 7.88. The predicted octanol–water partition coefficient (Wildman–Crippen LogP) is 4.04. The topological polar surface area (TPSA) is 88.7 Å². The first-order chi connectivity index (χ1) is 15.7. The molecule has 32 heavy (non-hydrogen) atoms. The van der Waals surface area contributed by atoms with Gasteiger partial charge in [-0.2, -0.15) is 5.10 Å². The molecule has 7 nitrogen and oxygen atoms in total. The van der Waals surface area contributed by atoms with Crippen molar-refractivity contribution in [1.82, 2.24) is 15.0 Å². The van der Waals surface area contributed by atoms with Crippen molar-refractivity contribution in [2.24, 2.45) is 5.10 Å². The van der Waals surface area contributed by atoms with Gasteiger partial charge in [0.1, 0.15) is 0 Å². The standard InChI is InChI=1S/C24H22N4O3S/c1-31-21-13-7-10-18(23(21)30)14-25-27-22(29)16-32-24-26-19-11-5-6-12-20(19)28(24)15-17-8-3-2-4-9-17/h2-14,30H,15-16H2,1H3,(H,27,29)/b25-14-. The lowest BCUT2D eigenvalue weighted by Gasteiger charge is -2.09. The Morgan fingerprint density at radius 3 is 2.72 bits per heavy atom. The molecule has 1 amide bonds. The van der Waals surface area contributed by atoms with Gasteiger partial charge in [0.15, 0.2) is 16.7 Å². The summed E-state index contributed by atoms with van der Waals surface area (Å²) in [6, 6.07) is 23.1. The van der Waals surface area contributed by atoms with Crippen LogP contribution in [0.15, 0.2) is 83.1 Å². The molecule has 0 aliphatic carbocycles. The number of ether oxygens (including phenoxy) is 1. The fourth-order valence-corrected chi connectivity index (χ4v) is 4.03. The van der Waals surface area contributed by atoms with Crippen LogP contribution in [0.3, 0.4) is 0 Å². The molecule has 3 aromatic carbocycles. The number of benzene rings is 3. The van der Waals surface area contributed by atoms with Gasteiger partial charge in [-0.1, -0.05) is 60.3 Å². The number of rotatable bonds is 8. The molecule has 162 valence electrons. The number of nitrogens with zero attached hydrogens (tertiary/aromatic N) is 3. The molecule has 0 unspecified atom stereocenters. The van der Waals surface area contributed by atoms with Gasteiger partial charge in [-0.3, -0.25) is 4.79 Å². The van der Waals surface area contributed by atoms with E-state index in [0.717, 1.165) is 21.8 Å². The summed E-state index contributed by atoms with van der Waals surface area (Å²) in [7, 11) is 1.47. The first-order valence-electron chi connectivity index (χ1n) is 9.95. The Balaban J connectivity index is 1.44. The number of amides is 1. The molecule has 0 atom stereocenters. The SMILES string of the molecule is COc1cccc(/C=N\NC(=O)CSc2nc3ccccc3n2Cc2ccccc2)c1O. The van der Waals surface area contributed by atoms with Crippen LogP contribution in [0.1, 0.15) is 11.1 Å². The second-order valence-electron chi connectivity index (χ2n) is 6.93. The Morgan fingerprint density at radius 2 is 1.91 bits per heavy atom. The minimum atomic E-state index is -0.271. The van der Waals surface area contributed by atoms with Gasteiger partial charge in [0.2, 0.25) is 0 Å². The van der Waals surface area contributed by atoms with Crippen LogP contribution in [0.25, 0.3) is 11.0 Å². The van der Waals surface area contributed by atoms with Crippen LogP contribution >= 0.6 is 11.8 Å². The van der Waals surface area contributed by atoms with Crippen molar-refractivity contribution >= 4 is 34.9 Å². The molecule has 4 aromatic rings. The van der Waals surface area contributed by atoms with Crippen LogP contribution in [0.4, 0.5) is 0 Å². The van der Waals surface area contributed by atoms with Crippen molar-refractivity contribution in [2.45, 2.75) is 11.7 Å². The van der Waals surface area contributed by atoms with Gasteiger partial charge < -0.3 is 14.4 Å². The average molecular weight is 447 g/mol. The molecule has 0 saturated heterocycles. The van der Waals surface area contributed by atoms with Crippen molar-refractivity contribution in [1.29, 1.82) is 0 Å². The quantitative estimate of drug-likeness (QED) is 0.242. The number of thioether (sulfide) groups is 1. The Morgan fingerprint density at radius 1 is 1.12 bits per heavy atom. The molecular weight excluding hydrogens is 424 g/mol. The third-order valence-corrected chi connectivity index (χ3v) is 5.75. The molecule has 0 saturated carbocycles. The molecule has 0 aliphatic heterocycles. The molecule has 1 aromatic heterocycles. The molecule has 0 aliphatic rings. The second kappa shape index (κ2) is 10.0. The van der Waals surface area contributed by atoms with E-state index in [2.05, 4.69) is 27.2 Å². The minimum absolute atomic E-state index is 0.0306. The Bertz CT molecular complexity index is 1250. The van der Waals surface area contributed by atoms with Gasteiger partial charge in [0.25, 0.3) is 5.91 Å². The van der Waals surface area contributed by atoms with Gasteiger partial charge >= 0.3 is 0 Å². The first-order valence-corrected chi connectivity index (χ1v) is 10.9. The highest BCUT2D eigenvalue weighted by atomic mass is 32.2. The summed E-state index contributed by atoms with van der Waals surface area (Å²) >= 11 is 1.35. The van der Waals surface area contributed by atoms with Crippen LogP contribution in [0, 0.1) is 0 Å². The van der Waals surface area contributed by atoms with E-state index in [9.17, 15) is 9.90 Å². The summed E-state index contributed by atoms with van der Waals surface area (Å²) in [5, 5.41) is 14.8. The lowest BCUT2D eigenvalue weighted by atomic mass is 10.2. The van der Waals surface area contributed by atoms with E-state index in [-0.39, 0.29) is 17.4 Å². The number of phenolic OH excluding ortho intramolecular Hbond substituents is 1. The van der Waals surface area contributed by atoms with E-state index in [1.165, 1.54) is 25.1 Å². The first kappa shape index (κ1) is 21.5. The van der Waals surface area contributed by atoms with E-state index in [1.54, 1.807) is 18.2 Å². The van der Waals surface area contributed by atoms with Crippen LogP contribution in [-0.2, 0) is 11.3 Å². The predicted molar refractivity (Wildman–Crippen MR) is 126 cm³/mol. The maximum atomic E-state index is 12.3. The summed E-state index contributed by atoms with van der Waals surface area (Å²) in [6.07, 6.45) is 1.38. The van der Waals surface area contributed by atoms with Crippen molar-refractivity contribution in [2.75, 3.05) is 12.9 Å². The number of carbonyl (C=O) groups excluding carboxylic acids is 1. The Kier molecular flexibility index (Phi) is 6.72. The Hall–Kier alpha value is -3.78. The van der Waals surface area contributed by atoms with E-state index in [4.69, 9.17) is 9.72 Å². The zero-order valence-corrected chi connectivity index (χ0v) is 18.2. The number of para-hydroxylation sites is 3. The van der Waals surface area contributed by atoms with Gasteiger partial charge in [-0.15, -0.1) is 0 Å². The number of nitrogens with one attached hydrogen (secondary N) is 1. The van der Waals surface area contributed by atoms with E-state index < -0.39 is 0 Å². The monoisotopic (exact) mass is 446 g/mol. The molecule has 4 rings (SSSR count). The van der Waals surface area contributed by atoms with Crippen LogP contribution < -0.4 is 10.2 Å². The molecular formula is C24H22N4O3S. The van der Waals surface area contributed by atoms with E-state index in [1.807, 2.05) is 42.5 Å². The zero-order chi connectivity index (χ0) is 22.3. The maximum absolute atomic E-state index is 12.3. The number of fused-ring (bicyclic) bond motifs is 1. The van der Waals surface area contributed by atoms with Crippen molar-refractivity contribution in [3.63, 3.8) is 0 Å². The summed E-state index contributed by atoms with van der Waals surface area (Å²) in [5.41, 5.74) is 6.00. The summed E-state index contributed by atoms with van der Waals surface area (Å²) in [5.74, 6) is 0.191. The normalized spacial score (nSPS) is 11.2. The maximum Gasteiger partial charge on any atom is 0.250 e. The number of imidazole rings is 1. The molecule has 1 heterocycles. The zero-order valence-electron chi connectivity index (χ0n) is 17.4. The van der Waals surface area contributed by atoms with E-state index >= 15 is 0 Å². The van der Waals surface area contributed by atoms with Crippen LogP contribution in [0.5, 0.6) is 11.5 Å². The van der Waals surface area contributed by atoms with Crippen molar-refractivity contribution in [3.05, 3.63) is 83.9 Å². The lowest BCUT2D eigenvalue weighted by Crippen LogP contribution is -2.20. The van der Waals surface area contributed by atoms with Crippen molar-refractivity contribution < 1.29 is 14.6 Å². The number of hydrogen-bond donors (Lipinski definition) is 2. The molecule has 8 heteroatoms. The van der Waals surface area contributed by atoms with E-state index in [0.29, 0.717) is 17.9 Å². The van der Waals surface area contributed by atoms with Crippen molar-refractivity contribution in [3.8, 4) is 11.5 Å². The highest BCUT2D eigenvalue weighted by Crippen LogP contribution is 2.28. The average Bonchev–Trinajstić information content (AvgIpc) is 3.17. The number of aromatic nitrogens is 2. The highest BCUT2D eigenvalue weighted by molar-refractivity contribution is 7.99. The van der Waals surface area contributed by atoms with Gasteiger partial charge in [-0.05, 0) is 29.8 Å².